The van der Waals surface area contributed by atoms with Crippen LogP contribution < -0.4 is 5.32 Å². The molecule has 0 saturated heterocycles. The van der Waals surface area contributed by atoms with Crippen LogP contribution in [0.15, 0.2) is 0 Å². The summed E-state index contributed by atoms with van der Waals surface area (Å²) in [5, 5.41) is 3.07. The quantitative estimate of drug-likeness (QED) is 0.754. The molecule has 17 heavy (non-hydrogen) atoms. The minimum absolute atomic E-state index is 0. The Morgan fingerprint density at radius 2 is 2.12 bits per heavy atom. The summed E-state index contributed by atoms with van der Waals surface area (Å²) < 4.78 is 5.10. The Hall–Kier alpha value is -0.320. The van der Waals surface area contributed by atoms with Crippen molar-refractivity contribution in [2.24, 2.45) is 5.41 Å². The van der Waals surface area contributed by atoms with Gasteiger partial charge in [0.1, 0.15) is 0 Å². The molecule has 0 aromatic rings. The molecule has 0 aromatic heterocycles. The number of amides is 1. The van der Waals surface area contributed by atoms with E-state index in [2.05, 4.69) is 5.32 Å². The smallest absolute Gasteiger partial charge is 0.228 e. The Balaban J connectivity index is 0.00000256. The van der Waals surface area contributed by atoms with Crippen LogP contribution in [0.3, 0.4) is 0 Å². The highest BCUT2D eigenvalue weighted by Gasteiger charge is 2.44. The summed E-state index contributed by atoms with van der Waals surface area (Å²) in [6.45, 7) is 2.32. The first-order chi connectivity index (χ1) is 7.66. The molecule has 0 bridgehead atoms. The molecule has 0 aromatic carbocycles. The van der Waals surface area contributed by atoms with Crippen LogP contribution in [0.25, 0.3) is 0 Å². The summed E-state index contributed by atoms with van der Waals surface area (Å²) in [7, 11) is 5.50. The third-order valence-electron chi connectivity index (χ3n) is 3.59. The molecular formula is C12H25ClN2O2. The number of carbonyl (C=O) groups is 1. The average Bonchev–Trinajstić information content (AvgIpc) is 2.24. The molecule has 102 valence electrons. The SMILES string of the molecule is CNCCN(C)C(=O)C1(CCOC)CCC1.Cl. The maximum atomic E-state index is 12.3. The normalized spacial score (nSPS) is 16.9. The zero-order valence-electron chi connectivity index (χ0n) is 11.1. The van der Waals surface area contributed by atoms with Gasteiger partial charge in [-0.1, -0.05) is 6.42 Å². The van der Waals surface area contributed by atoms with E-state index in [1.54, 1.807) is 7.11 Å². The molecule has 0 spiro atoms. The lowest BCUT2D eigenvalue weighted by Gasteiger charge is -2.42. The van der Waals surface area contributed by atoms with Gasteiger partial charge in [0.05, 0.1) is 5.41 Å². The number of nitrogens with zero attached hydrogens (tertiary/aromatic N) is 1. The van der Waals surface area contributed by atoms with Gasteiger partial charge in [0.15, 0.2) is 0 Å². The fraction of sp³-hybridized carbons (Fsp3) is 0.917. The van der Waals surface area contributed by atoms with E-state index in [-0.39, 0.29) is 17.8 Å². The van der Waals surface area contributed by atoms with Crippen molar-refractivity contribution in [3.8, 4) is 0 Å². The van der Waals surface area contributed by atoms with Gasteiger partial charge in [0.2, 0.25) is 5.91 Å². The van der Waals surface area contributed by atoms with Crippen molar-refractivity contribution in [2.45, 2.75) is 25.7 Å². The molecule has 5 heteroatoms. The first-order valence-electron chi connectivity index (χ1n) is 6.05. The van der Waals surface area contributed by atoms with Gasteiger partial charge < -0.3 is 15.0 Å². The first-order valence-corrected chi connectivity index (χ1v) is 6.05. The van der Waals surface area contributed by atoms with Crippen LogP contribution in [-0.2, 0) is 9.53 Å². The summed E-state index contributed by atoms with van der Waals surface area (Å²) in [6, 6.07) is 0. The molecule has 0 aliphatic heterocycles. The number of ether oxygens (including phenoxy) is 1. The second kappa shape index (κ2) is 7.90. The van der Waals surface area contributed by atoms with E-state index in [9.17, 15) is 4.79 Å². The van der Waals surface area contributed by atoms with Crippen LogP contribution in [0.1, 0.15) is 25.7 Å². The van der Waals surface area contributed by atoms with E-state index in [0.29, 0.717) is 12.5 Å². The van der Waals surface area contributed by atoms with E-state index in [4.69, 9.17) is 4.74 Å². The average molecular weight is 265 g/mol. The lowest BCUT2D eigenvalue weighted by atomic mass is 9.66. The molecule has 1 amide bonds. The Morgan fingerprint density at radius 3 is 2.53 bits per heavy atom. The number of rotatable bonds is 7. The van der Waals surface area contributed by atoms with Crippen LogP contribution in [0.2, 0.25) is 0 Å². The first kappa shape index (κ1) is 16.7. The van der Waals surface area contributed by atoms with E-state index in [0.717, 1.165) is 32.4 Å². The minimum atomic E-state index is -0.113. The maximum absolute atomic E-state index is 12.3. The molecule has 1 saturated carbocycles. The summed E-state index contributed by atoms with van der Waals surface area (Å²) >= 11 is 0. The molecule has 1 N–H and O–H groups in total. The van der Waals surface area contributed by atoms with Crippen LogP contribution in [0, 0.1) is 5.41 Å². The van der Waals surface area contributed by atoms with E-state index < -0.39 is 0 Å². The number of hydrogen-bond acceptors (Lipinski definition) is 3. The van der Waals surface area contributed by atoms with Crippen molar-refractivity contribution in [3.63, 3.8) is 0 Å². The third kappa shape index (κ3) is 4.12. The second-order valence-corrected chi connectivity index (χ2v) is 4.71. The molecule has 1 aliphatic rings. The van der Waals surface area contributed by atoms with Crippen LogP contribution in [-0.4, -0.2) is 51.7 Å². The van der Waals surface area contributed by atoms with Gasteiger partial charge in [-0.25, -0.2) is 0 Å². The molecule has 1 rings (SSSR count). The van der Waals surface area contributed by atoms with Gasteiger partial charge >= 0.3 is 0 Å². The van der Waals surface area contributed by atoms with Crippen LogP contribution in [0.4, 0.5) is 0 Å². The number of halogens is 1. The highest BCUT2D eigenvalue weighted by atomic mass is 35.5. The van der Waals surface area contributed by atoms with Gasteiger partial charge in [0.25, 0.3) is 0 Å². The van der Waals surface area contributed by atoms with Crippen molar-refractivity contribution in [3.05, 3.63) is 0 Å². The van der Waals surface area contributed by atoms with Crippen molar-refractivity contribution in [2.75, 3.05) is 40.9 Å². The van der Waals surface area contributed by atoms with Crippen molar-refractivity contribution >= 4 is 18.3 Å². The predicted octanol–water partition coefficient (Wildman–Crippen LogP) is 1.29. The third-order valence-corrected chi connectivity index (χ3v) is 3.59. The Bertz CT molecular complexity index is 233. The molecule has 1 aliphatic carbocycles. The van der Waals surface area contributed by atoms with Crippen molar-refractivity contribution in [1.82, 2.24) is 10.2 Å². The summed E-state index contributed by atoms with van der Waals surface area (Å²) in [6.07, 6.45) is 4.10. The van der Waals surface area contributed by atoms with Gasteiger partial charge in [0, 0.05) is 33.9 Å². The zero-order valence-corrected chi connectivity index (χ0v) is 11.9. The number of nitrogens with one attached hydrogen (secondary N) is 1. The lowest BCUT2D eigenvalue weighted by Crippen LogP contribution is -2.48. The molecule has 0 radical (unpaired) electrons. The molecule has 4 nitrogen and oxygen atoms in total. The van der Waals surface area contributed by atoms with Gasteiger partial charge in [-0.05, 0) is 26.3 Å². The van der Waals surface area contributed by atoms with E-state index in [1.807, 2.05) is 19.0 Å². The molecule has 0 atom stereocenters. The summed E-state index contributed by atoms with van der Waals surface area (Å²) in [5.74, 6) is 0.297. The van der Waals surface area contributed by atoms with Gasteiger partial charge in [-0.3, -0.25) is 4.79 Å². The fourth-order valence-corrected chi connectivity index (χ4v) is 2.26. The van der Waals surface area contributed by atoms with Crippen molar-refractivity contribution < 1.29 is 9.53 Å². The van der Waals surface area contributed by atoms with E-state index in [1.165, 1.54) is 6.42 Å². The van der Waals surface area contributed by atoms with E-state index >= 15 is 0 Å². The Morgan fingerprint density at radius 1 is 1.47 bits per heavy atom. The number of methoxy groups -OCH3 is 1. The summed E-state index contributed by atoms with van der Waals surface area (Å²) in [5.41, 5.74) is -0.113. The highest BCUT2D eigenvalue weighted by Crippen LogP contribution is 2.45. The van der Waals surface area contributed by atoms with Crippen LogP contribution >= 0.6 is 12.4 Å². The molecule has 1 fully saturated rings. The number of likely N-dealkylation sites (N-methyl/N-ethyl adjacent to an activating group) is 2. The predicted molar refractivity (Wildman–Crippen MR) is 71.6 cm³/mol. The van der Waals surface area contributed by atoms with Crippen molar-refractivity contribution in [1.29, 1.82) is 0 Å². The Labute approximate surface area is 110 Å². The fourth-order valence-electron chi connectivity index (χ4n) is 2.26. The zero-order chi connectivity index (χ0) is 12.0. The highest BCUT2D eigenvalue weighted by molar-refractivity contribution is 5.85. The lowest BCUT2D eigenvalue weighted by molar-refractivity contribution is -0.147. The Kier molecular flexibility index (Phi) is 7.75. The topological polar surface area (TPSA) is 41.6 Å². The largest absolute Gasteiger partial charge is 0.385 e. The van der Waals surface area contributed by atoms with Crippen LogP contribution in [0.5, 0.6) is 0 Å². The van der Waals surface area contributed by atoms with Gasteiger partial charge in [-0.2, -0.15) is 0 Å². The maximum Gasteiger partial charge on any atom is 0.228 e. The summed E-state index contributed by atoms with van der Waals surface area (Å²) in [4.78, 5) is 14.2. The minimum Gasteiger partial charge on any atom is -0.385 e. The number of carbonyl (C=O) groups excluding carboxylic acids is 1. The molecule has 0 heterocycles. The second-order valence-electron chi connectivity index (χ2n) is 4.71. The number of hydrogen-bond donors (Lipinski definition) is 1. The standard InChI is InChI=1S/C12H24N2O2.ClH/c1-13-8-9-14(2)11(15)12(5-4-6-12)7-10-16-3;/h13H,4-10H2,1-3H3;1H. The monoisotopic (exact) mass is 264 g/mol. The van der Waals surface area contributed by atoms with Gasteiger partial charge in [-0.15, -0.1) is 12.4 Å². The molecular weight excluding hydrogens is 240 g/mol. The molecule has 0 unspecified atom stereocenters.